The minimum Gasteiger partial charge on any atom is -0.462 e. The predicted octanol–water partition coefficient (Wildman–Crippen LogP) is 3.28. The standard InChI is InChI=1S/C14H12Cl2N4O4S/c1-4-24-14(21)8-5-9(15)12(10(16)6-8)20-13(19-25(3,22)23)11(17-2)7-18-20/h5-7,19H,4H2,1,3H3. The van der Waals surface area contributed by atoms with Crippen molar-refractivity contribution in [2.24, 2.45) is 0 Å². The van der Waals surface area contributed by atoms with Crippen molar-refractivity contribution in [3.63, 3.8) is 0 Å². The van der Waals surface area contributed by atoms with Gasteiger partial charge in [0.15, 0.2) is 0 Å². The minimum atomic E-state index is -3.68. The molecule has 0 aliphatic rings. The summed E-state index contributed by atoms with van der Waals surface area (Å²) in [4.78, 5) is 15.0. The fourth-order valence-corrected chi connectivity index (χ4v) is 3.15. The van der Waals surface area contributed by atoms with Crippen LogP contribution < -0.4 is 4.72 Å². The third-order valence-corrected chi connectivity index (χ3v) is 4.03. The first-order valence-corrected chi connectivity index (χ1v) is 9.42. The third kappa shape index (κ3) is 4.22. The highest BCUT2D eigenvalue weighted by molar-refractivity contribution is 7.92. The van der Waals surface area contributed by atoms with E-state index in [1.807, 2.05) is 0 Å². The summed E-state index contributed by atoms with van der Waals surface area (Å²) in [5, 5.41) is 4.03. The number of carbonyl (C=O) groups is 1. The molecule has 0 unspecified atom stereocenters. The number of hydrogen-bond donors (Lipinski definition) is 1. The normalized spacial score (nSPS) is 11.0. The molecule has 1 heterocycles. The van der Waals surface area contributed by atoms with Crippen LogP contribution in [0.4, 0.5) is 11.5 Å². The van der Waals surface area contributed by atoms with Crippen LogP contribution in [0.1, 0.15) is 17.3 Å². The average molecular weight is 403 g/mol. The van der Waals surface area contributed by atoms with Gasteiger partial charge in [0.1, 0.15) is 11.5 Å². The molecule has 0 saturated carbocycles. The first-order valence-electron chi connectivity index (χ1n) is 6.77. The fraction of sp³-hybridized carbons (Fsp3) is 0.214. The number of anilines is 1. The summed E-state index contributed by atoms with van der Waals surface area (Å²) in [5.74, 6) is -0.708. The van der Waals surface area contributed by atoms with Crippen LogP contribution in [0.25, 0.3) is 10.5 Å². The number of nitrogens with zero attached hydrogens (tertiary/aromatic N) is 3. The van der Waals surface area contributed by atoms with Gasteiger partial charge in [-0.25, -0.2) is 22.7 Å². The molecule has 25 heavy (non-hydrogen) atoms. The van der Waals surface area contributed by atoms with Crippen molar-refractivity contribution in [1.29, 1.82) is 0 Å². The lowest BCUT2D eigenvalue weighted by atomic mass is 10.2. The van der Waals surface area contributed by atoms with Gasteiger partial charge in [0, 0.05) is 0 Å². The zero-order valence-corrected chi connectivity index (χ0v) is 15.4. The van der Waals surface area contributed by atoms with Crippen molar-refractivity contribution in [1.82, 2.24) is 9.78 Å². The first-order chi connectivity index (χ1) is 11.7. The number of sulfonamides is 1. The van der Waals surface area contributed by atoms with Crippen LogP contribution in [-0.2, 0) is 14.8 Å². The van der Waals surface area contributed by atoms with E-state index in [2.05, 4.69) is 14.7 Å². The van der Waals surface area contributed by atoms with Crippen LogP contribution in [0.5, 0.6) is 0 Å². The van der Waals surface area contributed by atoms with Crippen LogP contribution in [0.2, 0.25) is 10.0 Å². The second-order valence-corrected chi connectivity index (χ2v) is 7.35. The summed E-state index contributed by atoms with van der Waals surface area (Å²) in [6, 6.07) is 2.65. The lowest BCUT2D eigenvalue weighted by molar-refractivity contribution is 0.0526. The third-order valence-electron chi connectivity index (χ3n) is 2.89. The Bertz CT molecular complexity index is 956. The van der Waals surface area contributed by atoms with E-state index in [-0.39, 0.29) is 39.4 Å². The maximum absolute atomic E-state index is 11.8. The number of aromatic nitrogens is 2. The van der Waals surface area contributed by atoms with E-state index in [0.717, 1.165) is 10.9 Å². The lowest BCUT2D eigenvalue weighted by Crippen LogP contribution is -2.14. The van der Waals surface area contributed by atoms with Gasteiger partial charge in [-0.15, -0.1) is 0 Å². The van der Waals surface area contributed by atoms with E-state index in [4.69, 9.17) is 34.5 Å². The van der Waals surface area contributed by atoms with E-state index < -0.39 is 16.0 Å². The Labute approximate surface area is 154 Å². The molecule has 0 saturated heterocycles. The molecule has 0 radical (unpaired) electrons. The van der Waals surface area contributed by atoms with Gasteiger partial charge in [-0.3, -0.25) is 4.72 Å². The molecule has 0 aliphatic carbocycles. The summed E-state index contributed by atoms with van der Waals surface area (Å²) < 4.78 is 31.3. The van der Waals surface area contributed by atoms with E-state index in [1.54, 1.807) is 6.92 Å². The van der Waals surface area contributed by atoms with Gasteiger partial charge in [-0.05, 0) is 19.1 Å². The Kier molecular flexibility index (Phi) is 5.57. The van der Waals surface area contributed by atoms with Gasteiger partial charge in [0.05, 0.1) is 41.2 Å². The number of halogens is 2. The van der Waals surface area contributed by atoms with E-state index in [0.29, 0.717) is 0 Å². The Morgan fingerprint density at radius 1 is 1.40 bits per heavy atom. The Balaban J connectivity index is 2.62. The lowest BCUT2D eigenvalue weighted by Gasteiger charge is -2.13. The van der Waals surface area contributed by atoms with Crippen molar-refractivity contribution in [3.8, 4) is 5.69 Å². The van der Waals surface area contributed by atoms with Crippen molar-refractivity contribution >= 4 is 50.7 Å². The van der Waals surface area contributed by atoms with Crippen LogP contribution in [0, 0.1) is 6.57 Å². The molecule has 0 atom stereocenters. The Morgan fingerprint density at radius 3 is 2.48 bits per heavy atom. The van der Waals surface area contributed by atoms with Gasteiger partial charge in [-0.1, -0.05) is 23.2 Å². The summed E-state index contributed by atoms with van der Waals surface area (Å²) in [7, 11) is -3.68. The zero-order chi connectivity index (χ0) is 18.8. The Morgan fingerprint density at radius 2 is 2.00 bits per heavy atom. The number of benzene rings is 1. The van der Waals surface area contributed by atoms with E-state index in [1.165, 1.54) is 18.3 Å². The van der Waals surface area contributed by atoms with Crippen molar-refractivity contribution < 1.29 is 17.9 Å². The number of esters is 1. The summed E-state index contributed by atoms with van der Waals surface area (Å²) in [6.45, 7) is 8.97. The fourth-order valence-electron chi connectivity index (χ4n) is 1.96. The predicted molar refractivity (Wildman–Crippen MR) is 94.3 cm³/mol. The highest BCUT2D eigenvalue weighted by Crippen LogP contribution is 2.36. The quantitative estimate of drug-likeness (QED) is 0.611. The molecule has 0 bridgehead atoms. The topological polar surface area (TPSA) is 94.7 Å². The molecular formula is C14H12Cl2N4O4S. The number of carbonyl (C=O) groups excluding carboxylic acids is 1. The van der Waals surface area contributed by atoms with Crippen molar-refractivity contribution in [2.75, 3.05) is 17.6 Å². The second-order valence-electron chi connectivity index (χ2n) is 4.79. The number of nitrogens with one attached hydrogen (secondary N) is 1. The molecule has 1 aromatic carbocycles. The summed E-state index contributed by atoms with van der Waals surface area (Å²) in [6.07, 6.45) is 2.11. The van der Waals surface area contributed by atoms with E-state index in [9.17, 15) is 13.2 Å². The summed E-state index contributed by atoms with van der Waals surface area (Å²) >= 11 is 12.4. The second kappa shape index (κ2) is 7.31. The molecule has 1 aromatic heterocycles. The highest BCUT2D eigenvalue weighted by Gasteiger charge is 2.21. The molecule has 132 valence electrons. The van der Waals surface area contributed by atoms with Crippen LogP contribution in [0.3, 0.4) is 0 Å². The SMILES string of the molecule is [C-]#[N+]c1cnn(-c2c(Cl)cc(C(=O)OCC)cc2Cl)c1NS(C)(=O)=O. The van der Waals surface area contributed by atoms with Crippen molar-refractivity contribution in [3.05, 3.63) is 45.4 Å². The van der Waals surface area contributed by atoms with Gasteiger partial charge in [-0.2, -0.15) is 5.10 Å². The molecule has 8 nitrogen and oxygen atoms in total. The molecule has 1 N–H and O–H groups in total. The molecule has 2 aromatic rings. The number of hydrogen-bond acceptors (Lipinski definition) is 5. The zero-order valence-electron chi connectivity index (χ0n) is 13.1. The average Bonchev–Trinajstić information content (AvgIpc) is 2.87. The molecule has 0 aliphatic heterocycles. The largest absolute Gasteiger partial charge is 0.462 e. The monoisotopic (exact) mass is 402 g/mol. The van der Waals surface area contributed by atoms with E-state index >= 15 is 0 Å². The van der Waals surface area contributed by atoms with Crippen LogP contribution >= 0.6 is 23.2 Å². The Hall–Kier alpha value is -2.28. The van der Waals surface area contributed by atoms with Crippen molar-refractivity contribution in [2.45, 2.75) is 6.92 Å². The molecule has 2 rings (SSSR count). The maximum atomic E-state index is 11.8. The van der Waals surface area contributed by atoms with Crippen LogP contribution in [-0.4, -0.2) is 37.0 Å². The molecule has 0 spiro atoms. The number of ether oxygens (including phenoxy) is 1. The number of rotatable bonds is 5. The molecule has 11 heteroatoms. The van der Waals surface area contributed by atoms with Crippen LogP contribution in [0.15, 0.2) is 18.3 Å². The van der Waals surface area contributed by atoms with Gasteiger partial charge in [0.2, 0.25) is 15.7 Å². The molecule has 0 fully saturated rings. The highest BCUT2D eigenvalue weighted by atomic mass is 35.5. The first kappa shape index (κ1) is 19.1. The van der Waals surface area contributed by atoms with Gasteiger partial charge >= 0.3 is 5.97 Å². The van der Waals surface area contributed by atoms with Gasteiger partial charge < -0.3 is 4.74 Å². The minimum absolute atomic E-state index is 0.0340. The maximum Gasteiger partial charge on any atom is 0.338 e. The van der Waals surface area contributed by atoms with Gasteiger partial charge in [0.25, 0.3) is 0 Å². The smallest absolute Gasteiger partial charge is 0.338 e. The molecular weight excluding hydrogens is 391 g/mol. The molecule has 0 amide bonds. The summed E-state index contributed by atoms with van der Waals surface area (Å²) in [5.41, 5.74) is 0.222.